The van der Waals surface area contributed by atoms with Gasteiger partial charge in [-0.3, -0.25) is 14.7 Å². The van der Waals surface area contributed by atoms with E-state index in [9.17, 15) is 9.59 Å². The third kappa shape index (κ3) is 3.27. The van der Waals surface area contributed by atoms with Crippen molar-refractivity contribution in [3.8, 4) is 0 Å². The molecule has 2 amide bonds. The van der Waals surface area contributed by atoms with Gasteiger partial charge in [-0.25, -0.2) is 9.97 Å². The first-order valence-corrected chi connectivity index (χ1v) is 7.93. The van der Waals surface area contributed by atoms with Crippen LogP contribution in [0, 0.1) is 6.92 Å². The molecule has 0 spiro atoms. The highest BCUT2D eigenvalue weighted by Gasteiger charge is 2.33. The lowest BCUT2D eigenvalue weighted by molar-refractivity contribution is -0.119. The van der Waals surface area contributed by atoms with Crippen molar-refractivity contribution in [2.45, 2.75) is 39.3 Å². The highest BCUT2D eigenvalue weighted by molar-refractivity contribution is 5.92. The average Bonchev–Trinajstić information content (AvgIpc) is 3.24. The molecule has 1 atom stereocenters. The summed E-state index contributed by atoms with van der Waals surface area (Å²) >= 11 is 0. The number of carbonyl (C=O) groups excluding carboxylic acids is 2. The van der Waals surface area contributed by atoms with Gasteiger partial charge in [-0.2, -0.15) is 5.10 Å². The Balaban J connectivity index is 1.90. The van der Waals surface area contributed by atoms with Crippen molar-refractivity contribution >= 4 is 11.8 Å². The molecule has 126 valence electrons. The Hall–Kier alpha value is -2.77. The number of aryl methyl sites for hydroxylation is 1. The molecule has 3 rings (SSSR count). The van der Waals surface area contributed by atoms with E-state index in [2.05, 4.69) is 25.5 Å². The maximum Gasteiger partial charge on any atom is 0.272 e. The number of nitrogens with one attached hydrogen (secondary N) is 2. The van der Waals surface area contributed by atoms with Gasteiger partial charge in [0.15, 0.2) is 0 Å². The maximum absolute atomic E-state index is 12.7. The highest BCUT2D eigenvalue weighted by Crippen LogP contribution is 2.33. The van der Waals surface area contributed by atoms with E-state index in [0.717, 1.165) is 24.1 Å². The van der Waals surface area contributed by atoms with E-state index < -0.39 is 0 Å². The van der Waals surface area contributed by atoms with Crippen molar-refractivity contribution in [2.75, 3.05) is 6.54 Å². The summed E-state index contributed by atoms with van der Waals surface area (Å²) in [5.41, 5.74) is 2.11. The summed E-state index contributed by atoms with van der Waals surface area (Å²) in [7, 11) is 0. The number of aromatic nitrogens is 4. The number of hydrogen-bond donors (Lipinski definition) is 2. The van der Waals surface area contributed by atoms with Gasteiger partial charge in [0.2, 0.25) is 5.91 Å². The molecule has 2 aromatic rings. The average molecular weight is 328 g/mol. The first-order chi connectivity index (χ1) is 11.6. The topological polar surface area (TPSA) is 104 Å². The molecule has 0 saturated carbocycles. The Morgan fingerprint density at radius 3 is 3.00 bits per heavy atom. The van der Waals surface area contributed by atoms with Crippen LogP contribution in [0.2, 0.25) is 0 Å². The molecule has 0 unspecified atom stereocenters. The predicted octanol–water partition coefficient (Wildman–Crippen LogP) is 1.12. The molecule has 0 bridgehead atoms. The van der Waals surface area contributed by atoms with Gasteiger partial charge >= 0.3 is 0 Å². The van der Waals surface area contributed by atoms with Crippen molar-refractivity contribution in [1.82, 2.24) is 30.4 Å². The van der Waals surface area contributed by atoms with E-state index in [1.807, 2.05) is 11.8 Å². The lowest BCUT2D eigenvalue weighted by Crippen LogP contribution is -2.32. The molecule has 2 aromatic heterocycles. The van der Waals surface area contributed by atoms with Crippen molar-refractivity contribution in [3.63, 3.8) is 0 Å². The van der Waals surface area contributed by atoms with Crippen molar-refractivity contribution in [1.29, 1.82) is 0 Å². The van der Waals surface area contributed by atoms with E-state index in [4.69, 9.17) is 0 Å². The molecule has 1 saturated heterocycles. The van der Waals surface area contributed by atoms with Crippen LogP contribution >= 0.6 is 0 Å². The fraction of sp³-hybridized carbons (Fsp3) is 0.438. The first kappa shape index (κ1) is 16.1. The Morgan fingerprint density at radius 2 is 2.29 bits per heavy atom. The normalized spacial score (nSPS) is 17.1. The van der Waals surface area contributed by atoms with Crippen molar-refractivity contribution in [2.24, 2.45) is 0 Å². The molecule has 0 radical (unpaired) electrons. The summed E-state index contributed by atoms with van der Waals surface area (Å²) in [6.07, 6.45) is 5.04. The Kier molecular flexibility index (Phi) is 4.54. The minimum Gasteiger partial charge on any atom is -0.352 e. The molecule has 1 aliphatic rings. The Labute approximate surface area is 139 Å². The molecule has 8 heteroatoms. The van der Waals surface area contributed by atoms with Crippen LogP contribution in [0.4, 0.5) is 0 Å². The zero-order valence-corrected chi connectivity index (χ0v) is 13.7. The number of aromatic amines is 1. The van der Waals surface area contributed by atoms with Gasteiger partial charge in [-0.15, -0.1) is 0 Å². The number of amides is 2. The smallest absolute Gasteiger partial charge is 0.272 e. The van der Waals surface area contributed by atoms with Gasteiger partial charge in [0.1, 0.15) is 11.5 Å². The fourth-order valence-electron chi connectivity index (χ4n) is 2.98. The van der Waals surface area contributed by atoms with Crippen LogP contribution in [0.1, 0.15) is 53.4 Å². The SMILES string of the molecule is CC(=O)NCc1cnc(C)nc1[C@H]1CCCN1C(=O)c1ccn[nH]1. The number of nitrogens with zero attached hydrogens (tertiary/aromatic N) is 4. The molecule has 3 heterocycles. The van der Waals surface area contributed by atoms with Gasteiger partial charge in [-0.1, -0.05) is 0 Å². The van der Waals surface area contributed by atoms with E-state index in [-0.39, 0.29) is 17.9 Å². The highest BCUT2D eigenvalue weighted by atomic mass is 16.2. The molecule has 0 aromatic carbocycles. The van der Waals surface area contributed by atoms with E-state index in [1.165, 1.54) is 6.92 Å². The van der Waals surface area contributed by atoms with Gasteiger partial charge in [0, 0.05) is 38.0 Å². The van der Waals surface area contributed by atoms with Crippen LogP contribution in [0.15, 0.2) is 18.5 Å². The van der Waals surface area contributed by atoms with Crippen LogP contribution in [0.5, 0.6) is 0 Å². The van der Waals surface area contributed by atoms with Gasteiger partial charge in [-0.05, 0) is 25.8 Å². The Morgan fingerprint density at radius 1 is 1.46 bits per heavy atom. The molecular formula is C16H20N6O2. The van der Waals surface area contributed by atoms with E-state index in [1.54, 1.807) is 18.5 Å². The minimum absolute atomic E-state index is 0.0863. The van der Waals surface area contributed by atoms with Crippen molar-refractivity contribution < 1.29 is 9.59 Å². The van der Waals surface area contributed by atoms with Gasteiger partial charge in [0.25, 0.3) is 5.91 Å². The lowest BCUT2D eigenvalue weighted by atomic mass is 10.1. The second-order valence-electron chi connectivity index (χ2n) is 5.86. The fourth-order valence-corrected chi connectivity index (χ4v) is 2.98. The van der Waals surface area contributed by atoms with Crippen LogP contribution in [-0.4, -0.2) is 43.4 Å². The second kappa shape index (κ2) is 6.77. The summed E-state index contributed by atoms with van der Waals surface area (Å²) < 4.78 is 0. The number of rotatable bonds is 4. The second-order valence-corrected chi connectivity index (χ2v) is 5.86. The molecule has 1 fully saturated rings. The van der Waals surface area contributed by atoms with E-state index >= 15 is 0 Å². The summed E-state index contributed by atoms with van der Waals surface area (Å²) in [4.78, 5) is 34.5. The molecular weight excluding hydrogens is 308 g/mol. The zero-order valence-electron chi connectivity index (χ0n) is 13.7. The van der Waals surface area contributed by atoms with Crippen molar-refractivity contribution in [3.05, 3.63) is 41.2 Å². The third-order valence-electron chi connectivity index (χ3n) is 4.11. The third-order valence-corrected chi connectivity index (χ3v) is 4.11. The largest absolute Gasteiger partial charge is 0.352 e. The number of likely N-dealkylation sites (tertiary alicyclic amines) is 1. The molecule has 2 N–H and O–H groups in total. The first-order valence-electron chi connectivity index (χ1n) is 7.93. The molecule has 0 aliphatic carbocycles. The zero-order chi connectivity index (χ0) is 17.1. The molecule has 8 nitrogen and oxygen atoms in total. The number of carbonyl (C=O) groups is 2. The van der Waals surface area contributed by atoms with Crippen LogP contribution in [0.3, 0.4) is 0 Å². The number of hydrogen-bond acceptors (Lipinski definition) is 5. The minimum atomic E-state index is -0.119. The molecule has 1 aliphatic heterocycles. The summed E-state index contributed by atoms with van der Waals surface area (Å²) in [6, 6.07) is 1.55. The van der Waals surface area contributed by atoms with Gasteiger partial charge < -0.3 is 10.2 Å². The standard InChI is InChI=1S/C16H20N6O2/c1-10-17-8-12(9-18-11(2)23)15(20-10)14-4-3-7-22(14)16(24)13-5-6-19-21-13/h5-6,8,14H,3-4,7,9H2,1-2H3,(H,18,23)(H,19,21)/t14-/m1/s1. The summed E-state index contributed by atoms with van der Waals surface area (Å²) in [5.74, 6) is 0.451. The van der Waals surface area contributed by atoms with Crippen LogP contribution in [0.25, 0.3) is 0 Å². The van der Waals surface area contributed by atoms with E-state index in [0.29, 0.717) is 24.6 Å². The molecule has 24 heavy (non-hydrogen) atoms. The van der Waals surface area contributed by atoms with Crippen LogP contribution in [-0.2, 0) is 11.3 Å². The van der Waals surface area contributed by atoms with Gasteiger partial charge in [0.05, 0.1) is 11.7 Å². The maximum atomic E-state index is 12.7. The predicted molar refractivity (Wildman–Crippen MR) is 85.9 cm³/mol. The summed E-state index contributed by atoms with van der Waals surface area (Å²) in [6.45, 7) is 4.32. The quantitative estimate of drug-likeness (QED) is 0.875. The monoisotopic (exact) mass is 328 g/mol. The van der Waals surface area contributed by atoms with Crippen LogP contribution < -0.4 is 5.32 Å². The number of H-pyrrole nitrogens is 1. The summed E-state index contributed by atoms with van der Waals surface area (Å²) in [5, 5.41) is 9.35. The lowest BCUT2D eigenvalue weighted by Gasteiger charge is -2.25. The Bertz CT molecular complexity index is 743.